The fourth-order valence-electron chi connectivity index (χ4n) is 3.08. The van der Waals surface area contributed by atoms with Crippen molar-refractivity contribution < 1.29 is 5.11 Å². The summed E-state index contributed by atoms with van der Waals surface area (Å²) in [6, 6.07) is 0. The summed E-state index contributed by atoms with van der Waals surface area (Å²) in [4.78, 5) is 2.46. The van der Waals surface area contributed by atoms with Gasteiger partial charge in [0.15, 0.2) is 0 Å². The molecule has 3 fully saturated rings. The van der Waals surface area contributed by atoms with Gasteiger partial charge in [-0.05, 0) is 44.6 Å². The Labute approximate surface area is 80.9 Å². The predicted octanol–water partition coefficient (Wildman–Crippen LogP) is 1.49. The maximum absolute atomic E-state index is 9.79. The summed E-state index contributed by atoms with van der Waals surface area (Å²) in [5.74, 6) is 1.50. The molecule has 2 saturated heterocycles. The lowest BCUT2D eigenvalue weighted by molar-refractivity contribution is 0.0531. The molecule has 0 spiro atoms. The van der Waals surface area contributed by atoms with Crippen LogP contribution in [0.4, 0.5) is 0 Å². The number of aliphatic hydroxyl groups is 1. The molecule has 0 aromatic carbocycles. The fourth-order valence-corrected chi connectivity index (χ4v) is 3.08. The van der Waals surface area contributed by atoms with E-state index in [1.165, 1.54) is 32.4 Å². The van der Waals surface area contributed by atoms with Gasteiger partial charge in [-0.25, -0.2) is 0 Å². The summed E-state index contributed by atoms with van der Waals surface area (Å²) < 4.78 is 0. The summed E-state index contributed by atoms with van der Waals surface area (Å²) in [5, 5.41) is 9.79. The van der Waals surface area contributed by atoms with E-state index in [2.05, 4.69) is 11.9 Å². The first-order valence-corrected chi connectivity index (χ1v) is 5.60. The summed E-state index contributed by atoms with van der Waals surface area (Å²) in [7, 11) is 2.23. The topological polar surface area (TPSA) is 23.5 Å². The van der Waals surface area contributed by atoms with Crippen LogP contribution in [-0.2, 0) is 0 Å². The lowest BCUT2D eigenvalue weighted by atomic mass is 9.81. The van der Waals surface area contributed by atoms with E-state index >= 15 is 0 Å². The molecule has 2 nitrogen and oxygen atoms in total. The van der Waals surface area contributed by atoms with Gasteiger partial charge in [0.05, 0.1) is 6.10 Å². The minimum Gasteiger partial charge on any atom is -0.393 e. The normalized spacial score (nSPS) is 42.5. The zero-order valence-corrected chi connectivity index (χ0v) is 8.58. The molecule has 0 amide bonds. The molecular formula is C11H21NO. The Bertz CT molecular complexity index is 141. The second kappa shape index (κ2) is 3.97. The summed E-state index contributed by atoms with van der Waals surface area (Å²) in [5.41, 5.74) is 0. The molecule has 2 heteroatoms. The van der Waals surface area contributed by atoms with Gasteiger partial charge in [0, 0.05) is 13.1 Å². The molecule has 0 aromatic rings. The van der Waals surface area contributed by atoms with Crippen LogP contribution in [0.2, 0.25) is 0 Å². The maximum Gasteiger partial charge on any atom is 0.0546 e. The van der Waals surface area contributed by atoms with Crippen molar-refractivity contribution in [3.8, 4) is 0 Å². The summed E-state index contributed by atoms with van der Waals surface area (Å²) in [6.07, 6.45) is 6.12. The van der Waals surface area contributed by atoms with Crippen molar-refractivity contribution in [2.24, 2.45) is 11.8 Å². The predicted molar refractivity (Wildman–Crippen MR) is 53.6 cm³/mol. The van der Waals surface area contributed by atoms with E-state index < -0.39 is 0 Å². The Kier molecular flexibility index (Phi) is 2.89. The lowest BCUT2D eigenvalue weighted by Crippen LogP contribution is -2.38. The molecule has 3 aliphatic rings. The quantitative estimate of drug-likeness (QED) is 0.615. The lowest BCUT2D eigenvalue weighted by Gasteiger charge is -2.36. The average Bonchev–Trinajstić information content (AvgIpc) is 1.95. The molecule has 76 valence electrons. The van der Waals surface area contributed by atoms with Crippen LogP contribution in [0.25, 0.3) is 0 Å². The number of rotatable bonds is 0. The third-order valence-electron chi connectivity index (χ3n) is 3.58. The van der Waals surface area contributed by atoms with Gasteiger partial charge in [-0.1, -0.05) is 6.42 Å². The molecule has 1 saturated carbocycles. The molecule has 1 aliphatic carbocycles. The first-order chi connectivity index (χ1) is 6.24. The van der Waals surface area contributed by atoms with Crippen LogP contribution in [0.5, 0.6) is 0 Å². The van der Waals surface area contributed by atoms with Crippen molar-refractivity contribution in [3.63, 3.8) is 0 Å². The number of hydrogen-bond acceptors (Lipinski definition) is 2. The number of fused-ring (bicyclic) bond motifs is 6. The van der Waals surface area contributed by atoms with E-state index in [1.807, 2.05) is 0 Å². The standard InChI is InChI=1S/C11H21NO/c1-12-7-9-3-2-4-10(8-12)6-11(13)5-9/h9-11,13H,2-8H2,1H3. The fraction of sp³-hybridized carbons (Fsp3) is 1.00. The molecule has 2 aliphatic heterocycles. The van der Waals surface area contributed by atoms with Crippen molar-refractivity contribution >= 4 is 0 Å². The smallest absolute Gasteiger partial charge is 0.0546 e. The number of hydrogen-bond donors (Lipinski definition) is 1. The molecule has 2 bridgehead atoms. The zero-order chi connectivity index (χ0) is 9.26. The minimum absolute atomic E-state index is 0.0102. The third-order valence-corrected chi connectivity index (χ3v) is 3.58. The van der Waals surface area contributed by atoms with E-state index in [1.54, 1.807) is 0 Å². The van der Waals surface area contributed by atoms with E-state index in [0.29, 0.717) is 0 Å². The van der Waals surface area contributed by atoms with Crippen molar-refractivity contribution in [2.75, 3.05) is 20.1 Å². The molecule has 3 rings (SSSR count). The van der Waals surface area contributed by atoms with Gasteiger partial charge in [0.1, 0.15) is 0 Å². The first kappa shape index (κ1) is 9.47. The van der Waals surface area contributed by atoms with Gasteiger partial charge in [-0.15, -0.1) is 0 Å². The summed E-state index contributed by atoms with van der Waals surface area (Å²) in [6.45, 7) is 2.40. The van der Waals surface area contributed by atoms with Crippen LogP contribution < -0.4 is 0 Å². The largest absolute Gasteiger partial charge is 0.393 e. The van der Waals surface area contributed by atoms with Gasteiger partial charge < -0.3 is 10.0 Å². The monoisotopic (exact) mass is 183 g/mol. The van der Waals surface area contributed by atoms with E-state index in [9.17, 15) is 5.11 Å². The van der Waals surface area contributed by atoms with Crippen LogP contribution in [0.3, 0.4) is 0 Å². The van der Waals surface area contributed by atoms with Crippen LogP contribution in [0.15, 0.2) is 0 Å². The van der Waals surface area contributed by atoms with E-state index in [4.69, 9.17) is 0 Å². The van der Waals surface area contributed by atoms with Gasteiger partial charge >= 0.3 is 0 Å². The van der Waals surface area contributed by atoms with Crippen LogP contribution >= 0.6 is 0 Å². The van der Waals surface area contributed by atoms with Crippen LogP contribution in [0.1, 0.15) is 32.1 Å². The SMILES string of the molecule is CN1CC2CCCC(CC(O)C2)C1. The molecule has 13 heavy (non-hydrogen) atoms. The third kappa shape index (κ3) is 2.44. The van der Waals surface area contributed by atoms with Gasteiger partial charge in [0.25, 0.3) is 0 Å². The minimum atomic E-state index is -0.0102. The Balaban J connectivity index is 2.06. The van der Waals surface area contributed by atoms with Crippen molar-refractivity contribution in [1.82, 2.24) is 4.90 Å². The molecule has 1 N–H and O–H groups in total. The highest BCUT2D eigenvalue weighted by atomic mass is 16.3. The zero-order valence-electron chi connectivity index (χ0n) is 8.58. The van der Waals surface area contributed by atoms with Crippen LogP contribution in [0, 0.1) is 11.8 Å². The second-order valence-electron chi connectivity index (χ2n) is 5.01. The van der Waals surface area contributed by atoms with E-state index in [-0.39, 0.29) is 6.10 Å². The van der Waals surface area contributed by atoms with Crippen LogP contribution in [-0.4, -0.2) is 36.2 Å². The second-order valence-corrected chi connectivity index (χ2v) is 5.01. The molecular weight excluding hydrogens is 162 g/mol. The van der Waals surface area contributed by atoms with Crippen molar-refractivity contribution in [1.29, 1.82) is 0 Å². The molecule has 2 unspecified atom stereocenters. The van der Waals surface area contributed by atoms with E-state index in [0.717, 1.165) is 24.7 Å². The highest BCUT2D eigenvalue weighted by molar-refractivity contribution is 4.80. The highest BCUT2D eigenvalue weighted by Gasteiger charge is 2.27. The molecule has 2 heterocycles. The first-order valence-electron chi connectivity index (χ1n) is 5.60. The number of aliphatic hydroxyl groups excluding tert-OH is 1. The Morgan fingerprint density at radius 3 is 2.15 bits per heavy atom. The van der Waals surface area contributed by atoms with Gasteiger partial charge in [-0.2, -0.15) is 0 Å². The van der Waals surface area contributed by atoms with Crippen molar-refractivity contribution in [3.05, 3.63) is 0 Å². The molecule has 2 atom stereocenters. The number of nitrogens with zero attached hydrogens (tertiary/aromatic N) is 1. The highest BCUT2D eigenvalue weighted by Crippen LogP contribution is 2.30. The Morgan fingerprint density at radius 1 is 1.08 bits per heavy atom. The molecule has 0 aromatic heterocycles. The average molecular weight is 183 g/mol. The summed E-state index contributed by atoms with van der Waals surface area (Å²) >= 11 is 0. The Hall–Kier alpha value is -0.0800. The maximum atomic E-state index is 9.79. The van der Waals surface area contributed by atoms with Crippen molar-refractivity contribution in [2.45, 2.75) is 38.2 Å². The molecule has 0 radical (unpaired) electrons. The van der Waals surface area contributed by atoms with Gasteiger partial charge in [0.2, 0.25) is 0 Å². The Morgan fingerprint density at radius 2 is 1.62 bits per heavy atom. The van der Waals surface area contributed by atoms with Gasteiger partial charge in [-0.3, -0.25) is 0 Å².